The Morgan fingerprint density at radius 1 is 1.79 bits per heavy atom. The standard InChI is InChI=1S/C8H13BrN2OS2/c1-6(10-3-4-14(2)12)8-11-5-7(9)13-8/h5-6,10H,3-4H2,1-2H3. The summed E-state index contributed by atoms with van der Waals surface area (Å²) >= 11 is 4.99. The molecule has 0 amide bonds. The van der Waals surface area contributed by atoms with Crippen molar-refractivity contribution >= 4 is 38.1 Å². The maximum Gasteiger partial charge on any atom is 0.110 e. The summed E-state index contributed by atoms with van der Waals surface area (Å²) in [4.78, 5) is 4.25. The first kappa shape index (κ1) is 12.3. The van der Waals surface area contributed by atoms with Crippen molar-refractivity contribution < 1.29 is 4.21 Å². The van der Waals surface area contributed by atoms with E-state index in [1.165, 1.54) is 0 Å². The summed E-state index contributed by atoms with van der Waals surface area (Å²) in [6.07, 6.45) is 3.52. The van der Waals surface area contributed by atoms with E-state index in [0.717, 1.165) is 15.3 Å². The van der Waals surface area contributed by atoms with E-state index < -0.39 is 10.8 Å². The molecular weight excluding hydrogens is 284 g/mol. The highest BCUT2D eigenvalue weighted by Crippen LogP contribution is 2.23. The van der Waals surface area contributed by atoms with Crippen molar-refractivity contribution in [1.82, 2.24) is 10.3 Å². The second kappa shape index (κ2) is 5.95. The van der Waals surface area contributed by atoms with E-state index >= 15 is 0 Å². The number of hydrogen-bond acceptors (Lipinski definition) is 4. The van der Waals surface area contributed by atoms with Gasteiger partial charge in [0.2, 0.25) is 0 Å². The highest BCUT2D eigenvalue weighted by Gasteiger charge is 2.08. The Labute approximate surface area is 98.9 Å². The van der Waals surface area contributed by atoms with Crippen LogP contribution in [0.1, 0.15) is 18.0 Å². The molecule has 3 nitrogen and oxygen atoms in total. The molecule has 0 bridgehead atoms. The number of halogens is 1. The van der Waals surface area contributed by atoms with Crippen molar-refractivity contribution in [2.24, 2.45) is 0 Å². The van der Waals surface area contributed by atoms with E-state index in [9.17, 15) is 4.21 Å². The SMILES string of the molecule is CC(NCCS(C)=O)c1ncc(Br)s1. The molecule has 2 unspecified atom stereocenters. The molecule has 80 valence electrons. The predicted octanol–water partition coefficient (Wildman–Crippen LogP) is 1.93. The van der Waals surface area contributed by atoms with E-state index in [2.05, 4.69) is 33.2 Å². The lowest BCUT2D eigenvalue weighted by Crippen LogP contribution is -2.23. The van der Waals surface area contributed by atoms with Gasteiger partial charge >= 0.3 is 0 Å². The van der Waals surface area contributed by atoms with Crippen LogP contribution < -0.4 is 5.32 Å². The molecule has 1 rings (SSSR count). The molecule has 0 aliphatic carbocycles. The molecule has 0 spiro atoms. The Kier molecular flexibility index (Phi) is 5.22. The summed E-state index contributed by atoms with van der Waals surface area (Å²) in [6, 6.07) is 0.231. The first-order valence-electron chi connectivity index (χ1n) is 4.24. The van der Waals surface area contributed by atoms with E-state index in [4.69, 9.17) is 0 Å². The van der Waals surface area contributed by atoms with E-state index in [1.54, 1.807) is 23.8 Å². The van der Waals surface area contributed by atoms with Crippen LogP contribution in [0.5, 0.6) is 0 Å². The zero-order valence-electron chi connectivity index (χ0n) is 8.12. The van der Waals surface area contributed by atoms with Crippen molar-refractivity contribution in [3.8, 4) is 0 Å². The summed E-state index contributed by atoms with van der Waals surface area (Å²) in [5, 5.41) is 4.33. The molecule has 0 aromatic carbocycles. The third kappa shape index (κ3) is 4.16. The summed E-state index contributed by atoms with van der Waals surface area (Å²) in [7, 11) is -0.722. The topological polar surface area (TPSA) is 42.0 Å². The lowest BCUT2D eigenvalue weighted by molar-refractivity contribution is 0.594. The minimum Gasteiger partial charge on any atom is -0.307 e. The van der Waals surface area contributed by atoms with Crippen LogP contribution in [0.3, 0.4) is 0 Å². The number of rotatable bonds is 5. The molecule has 14 heavy (non-hydrogen) atoms. The van der Waals surface area contributed by atoms with E-state index in [0.29, 0.717) is 5.75 Å². The Morgan fingerprint density at radius 3 is 3.00 bits per heavy atom. The fourth-order valence-corrected chi connectivity index (χ4v) is 2.65. The van der Waals surface area contributed by atoms with Crippen LogP contribution in [-0.2, 0) is 10.8 Å². The molecule has 1 aromatic rings. The van der Waals surface area contributed by atoms with E-state index in [1.807, 2.05) is 0 Å². The largest absolute Gasteiger partial charge is 0.307 e. The minimum absolute atomic E-state index is 0.231. The van der Waals surface area contributed by atoms with Crippen molar-refractivity contribution in [3.63, 3.8) is 0 Å². The van der Waals surface area contributed by atoms with Gasteiger partial charge in [0.15, 0.2) is 0 Å². The van der Waals surface area contributed by atoms with E-state index in [-0.39, 0.29) is 6.04 Å². The van der Waals surface area contributed by atoms with Gasteiger partial charge in [0, 0.05) is 29.4 Å². The number of thiazole rings is 1. The molecule has 1 aromatic heterocycles. The highest BCUT2D eigenvalue weighted by atomic mass is 79.9. The summed E-state index contributed by atoms with van der Waals surface area (Å²) in [5.74, 6) is 0.691. The zero-order valence-corrected chi connectivity index (χ0v) is 11.3. The van der Waals surface area contributed by atoms with Crippen molar-refractivity contribution in [1.29, 1.82) is 0 Å². The highest BCUT2D eigenvalue weighted by molar-refractivity contribution is 9.11. The lowest BCUT2D eigenvalue weighted by Gasteiger charge is -2.09. The maximum absolute atomic E-state index is 10.8. The smallest absolute Gasteiger partial charge is 0.110 e. The van der Waals surface area contributed by atoms with Crippen molar-refractivity contribution in [3.05, 3.63) is 15.0 Å². The molecule has 0 aliphatic rings. The van der Waals surface area contributed by atoms with Crippen molar-refractivity contribution in [2.75, 3.05) is 18.6 Å². The van der Waals surface area contributed by atoms with Gasteiger partial charge in [-0.3, -0.25) is 4.21 Å². The molecule has 0 radical (unpaired) electrons. The first-order valence-corrected chi connectivity index (χ1v) is 7.58. The fraction of sp³-hybridized carbons (Fsp3) is 0.625. The summed E-state index contributed by atoms with van der Waals surface area (Å²) < 4.78 is 11.9. The number of aromatic nitrogens is 1. The van der Waals surface area contributed by atoms with Gasteiger partial charge in [0.05, 0.1) is 16.0 Å². The van der Waals surface area contributed by atoms with Gasteiger partial charge in [-0.15, -0.1) is 11.3 Å². The fourth-order valence-electron chi connectivity index (χ4n) is 0.974. The third-order valence-electron chi connectivity index (χ3n) is 1.71. The van der Waals surface area contributed by atoms with Crippen LogP contribution >= 0.6 is 27.3 Å². The molecular formula is C8H13BrN2OS2. The Hall–Kier alpha value is 0.220. The molecule has 1 heterocycles. The van der Waals surface area contributed by atoms with Crippen LogP contribution in [0.25, 0.3) is 0 Å². The van der Waals surface area contributed by atoms with Gasteiger partial charge in [-0.2, -0.15) is 0 Å². The van der Waals surface area contributed by atoms with Gasteiger partial charge in [0.1, 0.15) is 5.01 Å². The van der Waals surface area contributed by atoms with Gasteiger partial charge in [-0.25, -0.2) is 4.98 Å². The Bertz CT molecular complexity index is 316. The van der Waals surface area contributed by atoms with Crippen LogP contribution in [0.15, 0.2) is 9.98 Å². The predicted molar refractivity (Wildman–Crippen MR) is 65.2 cm³/mol. The number of nitrogens with one attached hydrogen (secondary N) is 1. The average molecular weight is 297 g/mol. The normalized spacial score (nSPS) is 15.4. The van der Waals surface area contributed by atoms with Crippen LogP contribution in [0.2, 0.25) is 0 Å². The molecule has 0 saturated carbocycles. The third-order valence-corrected chi connectivity index (χ3v) is 4.14. The quantitative estimate of drug-likeness (QED) is 0.903. The second-order valence-electron chi connectivity index (χ2n) is 2.96. The van der Waals surface area contributed by atoms with Gasteiger partial charge < -0.3 is 5.32 Å². The summed E-state index contributed by atoms with van der Waals surface area (Å²) in [6.45, 7) is 2.82. The molecule has 0 fully saturated rings. The average Bonchev–Trinajstić information content (AvgIpc) is 2.51. The summed E-state index contributed by atoms with van der Waals surface area (Å²) in [5.41, 5.74) is 0. The van der Waals surface area contributed by atoms with Crippen LogP contribution in [0.4, 0.5) is 0 Å². The molecule has 0 saturated heterocycles. The monoisotopic (exact) mass is 296 g/mol. The van der Waals surface area contributed by atoms with Gasteiger partial charge in [-0.05, 0) is 22.9 Å². The first-order chi connectivity index (χ1) is 6.59. The zero-order chi connectivity index (χ0) is 10.6. The van der Waals surface area contributed by atoms with Gasteiger partial charge in [-0.1, -0.05) is 0 Å². The number of hydrogen-bond donors (Lipinski definition) is 1. The molecule has 1 N–H and O–H groups in total. The van der Waals surface area contributed by atoms with Crippen molar-refractivity contribution in [2.45, 2.75) is 13.0 Å². The lowest BCUT2D eigenvalue weighted by atomic mass is 10.3. The van der Waals surface area contributed by atoms with Crippen LogP contribution in [0, 0.1) is 0 Å². The maximum atomic E-state index is 10.8. The minimum atomic E-state index is -0.722. The van der Waals surface area contributed by atoms with Gasteiger partial charge in [0.25, 0.3) is 0 Å². The molecule has 6 heteroatoms. The second-order valence-corrected chi connectivity index (χ2v) is 6.95. The number of nitrogens with zero attached hydrogens (tertiary/aromatic N) is 1. The van der Waals surface area contributed by atoms with Crippen LogP contribution in [-0.4, -0.2) is 27.7 Å². The molecule has 2 atom stereocenters. The Balaban J connectivity index is 2.35. The molecule has 0 aliphatic heterocycles. The Morgan fingerprint density at radius 2 is 2.50 bits per heavy atom.